The number of aromatic nitrogens is 2. The summed E-state index contributed by atoms with van der Waals surface area (Å²) in [6, 6.07) is 9.92. The van der Waals surface area contributed by atoms with Crippen LogP contribution in [-0.2, 0) is 13.0 Å². The van der Waals surface area contributed by atoms with Gasteiger partial charge in [0, 0.05) is 19.2 Å². The zero-order chi connectivity index (χ0) is 14.0. The molecule has 1 aromatic heterocycles. The van der Waals surface area contributed by atoms with Crippen molar-refractivity contribution >= 4 is 0 Å². The Bertz CT molecular complexity index is 481. The summed E-state index contributed by atoms with van der Waals surface area (Å²) in [6.07, 6.45) is 7.30. The average molecular weight is 273 g/mol. The molecule has 1 aromatic carbocycles. The van der Waals surface area contributed by atoms with Crippen LogP contribution in [0.2, 0.25) is 0 Å². The first kappa shape index (κ1) is 14.6. The van der Waals surface area contributed by atoms with Gasteiger partial charge in [-0.2, -0.15) is 5.10 Å². The molecule has 1 N–H and O–H groups in total. The van der Waals surface area contributed by atoms with Gasteiger partial charge < -0.3 is 10.1 Å². The number of para-hydroxylation sites is 1. The van der Waals surface area contributed by atoms with Crippen LogP contribution in [0.1, 0.15) is 18.4 Å². The Morgan fingerprint density at radius 3 is 2.85 bits per heavy atom. The zero-order valence-corrected chi connectivity index (χ0v) is 12.1. The monoisotopic (exact) mass is 273 g/mol. The van der Waals surface area contributed by atoms with Crippen LogP contribution in [0.3, 0.4) is 0 Å². The molecule has 4 heteroatoms. The second-order valence-electron chi connectivity index (χ2n) is 4.83. The van der Waals surface area contributed by atoms with Crippen LogP contribution in [0, 0.1) is 0 Å². The van der Waals surface area contributed by atoms with Gasteiger partial charge in [-0.1, -0.05) is 18.2 Å². The number of nitrogens with zero attached hydrogens (tertiary/aromatic N) is 2. The Balaban J connectivity index is 1.64. The summed E-state index contributed by atoms with van der Waals surface area (Å²) < 4.78 is 7.67. The van der Waals surface area contributed by atoms with Gasteiger partial charge in [-0.3, -0.25) is 4.68 Å². The van der Waals surface area contributed by atoms with E-state index in [1.807, 2.05) is 48.3 Å². The smallest absolute Gasteiger partial charge is 0.119 e. The Kier molecular flexibility index (Phi) is 6.11. The van der Waals surface area contributed by atoms with E-state index < -0.39 is 0 Å². The molecular weight excluding hydrogens is 250 g/mol. The largest absolute Gasteiger partial charge is 0.494 e. The Hall–Kier alpha value is -1.81. The van der Waals surface area contributed by atoms with E-state index in [0.29, 0.717) is 0 Å². The molecule has 0 saturated heterocycles. The lowest BCUT2D eigenvalue weighted by molar-refractivity contribution is 0.298. The summed E-state index contributed by atoms with van der Waals surface area (Å²) in [4.78, 5) is 0. The predicted molar refractivity (Wildman–Crippen MR) is 81.0 cm³/mol. The molecular formula is C16H23N3O. The highest BCUT2D eigenvalue weighted by Gasteiger charge is 1.99. The van der Waals surface area contributed by atoms with E-state index in [0.717, 1.165) is 44.7 Å². The number of hydrogen-bond donors (Lipinski definition) is 1. The third-order valence-corrected chi connectivity index (χ3v) is 3.12. The summed E-state index contributed by atoms with van der Waals surface area (Å²) in [5.41, 5.74) is 1.31. The summed E-state index contributed by atoms with van der Waals surface area (Å²) in [5, 5.41) is 7.54. The maximum Gasteiger partial charge on any atom is 0.119 e. The van der Waals surface area contributed by atoms with Crippen molar-refractivity contribution in [1.82, 2.24) is 15.1 Å². The lowest BCUT2D eigenvalue weighted by atomic mass is 10.2. The van der Waals surface area contributed by atoms with Crippen molar-refractivity contribution in [3.8, 4) is 5.75 Å². The van der Waals surface area contributed by atoms with Crippen LogP contribution in [0.5, 0.6) is 5.75 Å². The Morgan fingerprint density at radius 2 is 2.05 bits per heavy atom. The number of rotatable bonds is 9. The molecule has 0 bridgehead atoms. The van der Waals surface area contributed by atoms with Gasteiger partial charge in [0.1, 0.15) is 5.75 Å². The van der Waals surface area contributed by atoms with Gasteiger partial charge in [-0.15, -0.1) is 0 Å². The average Bonchev–Trinajstić information content (AvgIpc) is 2.93. The number of hydrogen-bond acceptors (Lipinski definition) is 3. The highest BCUT2D eigenvalue weighted by atomic mass is 16.5. The van der Waals surface area contributed by atoms with Gasteiger partial charge in [-0.05, 0) is 44.1 Å². The fourth-order valence-corrected chi connectivity index (χ4v) is 2.06. The van der Waals surface area contributed by atoms with Crippen molar-refractivity contribution in [1.29, 1.82) is 0 Å². The van der Waals surface area contributed by atoms with E-state index in [4.69, 9.17) is 4.74 Å². The molecule has 4 nitrogen and oxygen atoms in total. The molecule has 0 unspecified atom stereocenters. The minimum atomic E-state index is 0.721. The zero-order valence-electron chi connectivity index (χ0n) is 12.1. The predicted octanol–water partition coefficient (Wildman–Crippen LogP) is 2.50. The molecule has 108 valence electrons. The van der Waals surface area contributed by atoms with Crippen molar-refractivity contribution in [3.63, 3.8) is 0 Å². The van der Waals surface area contributed by atoms with Gasteiger partial charge in [0.2, 0.25) is 0 Å². The van der Waals surface area contributed by atoms with Crippen molar-refractivity contribution in [2.24, 2.45) is 0 Å². The van der Waals surface area contributed by atoms with Crippen LogP contribution in [0.15, 0.2) is 42.7 Å². The van der Waals surface area contributed by atoms with E-state index in [1.54, 1.807) is 0 Å². The fourth-order valence-electron chi connectivity index (χ4n) is 2.06. The van der Waals surface area contributed by atoms with Crippen LogP contribution in [0.25, 0.3) is 0 Å². The molecule has 2 aromatic rings. The molecule has 20 heavy (non-hydrogen) atoms. The van der Waals surface area contributed by atoms with Gasteiger partial charge in [0.25, 0.3) is 0 Å². The third-order valence-electron chi connectivity index (χ3n) is 3.12. The number of ether oxygens (including phenoxy) is 1. The van der Waals surface area contributed by atoms with Gasteiger partial charge in [-0.25, -0.2) is 0 Å². The molecule has 0 saturated carbocycles. The second-order valence-corrected chi connectivity index (χ2v) is 4.83. The minimum Gasteiger partial charge on any atom is -0.494 e. The summed E-state index contributed by atoms with van der Waals surface area (Å²) in [6.45, 7) is 2.67. The van der Waals surface area contributed by atoms with E-state index in [9.17, 15) is 0 Å². The van der Waals surface area contributed by atoms with Crippen molar-refractivity contribution < 1.29 is 4.74 Å². The quantitative estimate of drug-likeness (QED) is 0.714. The molecule has 0 radical (unpaired) electrons. The van der Waals surface area contributed by atoms with E-state index in [-0.39, 0.29) is 0 Å². The minimum absolute atomic E-state index is 0.721. The van der Waals surface area contributed by atoms with E-state index in [2.05, 4.69) is 16.6 Å². The first-order valence-corrected chi connectivity index (χ1v) is 7.22. The van der Waals surface area contributed by atoms with Crippen molar-refractivity contribution in [3.05, 3.63) is 48.3 Å². The number of benzene rings is 1. The van der Waals surface area contributed by atoms with Crippen molar-refractivity contribution in [2.45, 2.75) is 25.8 Å². The standard InChI is InChI=1S/C16H23N3O/c1-17-10-5-7-15-13-18-19(14-15)11-6-12-20-16-8-3-2-4-9-16/h2-4,8-9,13-14,17H,5-7,10-12H2,1H3. The lowest BCUT2D eigenvalue weighted by Gasteiger charge is -2.05. The maximum absolute atomic E-state index is 5.66. The molecule has 0 spiro atoms. The van der Waals surface area contributed by atoms with Crippen molar-refractivity contribution in [2.75, 3.05) is 20.2 Å². The number of nitrogens with one attached hydrogen (secondary N) is 1. The fraction of sp³-hybridized carbons (Fsp3) is 0.438. The molecule has 0 aliphatic heterocycles. The van der Waals surface area contributed by atoms with E-state index >= 15 is 0 Å². The summed E-state index contributed by atoms with van der Waals surface area (Å²) >= 11 is 0. The number of aryl methyl sites for hydroxylation is 2. The normalized spacial score (nSPS) is 10.7. The molecule has 1 heterocycles. The van der Waals surface area contributed by atoms with E-state index in [1.165, 1.54) is 5.56 Å². The second kappa shape index (κ2) is 8.38. The SMILES string of the molecule is CNCCCc1cnn(CCCOc2ccccc2)c1. The topological polar surface area (TPSA) is 39.1 Å². The Morgan fingerprint density at radius 1 is 1.20 bits per heavy atom. The first-order valence-electron chi connectivity index (χ1n) is 7.22. The van der Waals surface area contributed by atoms with Crippen LogP contribution in [0.4, 0.5) is 0 Å². The molecule has 0 atom stereocenters. The first-order chi connectivity index (χ1) is 9.88. The van der Waals surface area contributed by atoms with Gasteiger partial charge >= 0.3 is 0 Å². The third kappa shape index (κ3) is 5.05. The Labute approximate surface area is 120 Å². The van der Waals surface area contributed by atoms with Crippen LogP contribution in [-0.4, -0.2) is 30.0 Å². The van der Waals surface area contributed by atoms with Crippen LogP contribution >= 0.6 is 0 Å². The molecule has 0 aliphatic rings. The van der Waals surface area contributed by atoms with Gasteiger partial charge in [0.05, 0.1) is 12.8 Å². The summed E-state index contributed by atoms with van der Waals surface area (Å²) in [5.74, 6) is 0.931. The highest BCUT2D eigenvalue weighted by molar-refractivity contribution is 5.20. The lowest BCUT2D eigenvalue weighted by Crippen LogP contribution is -2.08. The molecule has 2 rings (SSSR count). The molecule has 0 amide bonds. The maximum atomic E-state index is 5.66. The molecule has 0 aliphatic carbocycles. The molecule has 0 fully saturated rings. The van der Waals surface area contributed by atoms with Crippen LogP contribution < -0.4 is 10.1 Å². The summed E-state index contributed by atoms with van der Waals surface area (Å²) in [7, 11) is 1.98. The highest BCUT2D eigenvalue weighted by Crippen LogP contribution is 2.08. The van der Waals surface area contributed by atoms with Gasteiger partial charge in [0.15, 0.2) is 0 Å².